The SMILES string of the molecule is CCCCCCCCC(NCC)c1cc(Br)cs1. The first-order valence-electron chi connectivity index (χ1n) is 7.25. The van der Waals surface area contributed by atoms with Gasteiger partial charge in [-0.15, -0.1) is 11.3 Å². The molecule has 1 aromatic heterocycles. The van der Waals surface area contributed by atoms with E-state index in [1.807, 2.05) is 11.3 Å². The van der Waals surface area contributed by atoms with Crippen LogP contribution in [-0.4, -0.2) is 6.54 Å². The number of nitrogens with one attached hydrogen (secondary N) is 1. The van der Waals surface area contributed by atoms with Gasteiger partial charge in [-0.1, -0.05) is 52.4 Å². The molecule has 0 saturated heterocycles. The highest BCUT2D eigenvalue weighted by atomic mass is 79.9. The van der Waals surface area contributed by atoms with Crippen LogP contribution in [0.4, 0.5) is 0 Å². The first-order chi connectivity index (χ1) is 8.77. The maximum Gasteiger partial charge on any atom is 0.0415 e. The average molecular weight is 332 g/mol. The van der Waals surface area contributed by atoms with Gasteiger partial charge in [-0.05, 0) is 35.0 Å². The first-order valence-corrected chi connectivity index (χ1v) is 8.92. The Morgan fingerprint density at radius 2 is 1.89 bits per heavy atom. The molecule has 0 aliphatic rings. The van der Waals surface area contributed by atoms with Crippen molar-refractivity contribution < 1.29 is 0 Å². The number of unbranched alkanes of at least 4 members (excludes halogenated alkanes) is 5. The topological polar surface area (TPSA) is 12.0 Å². The van der Waals surface area contributed by atoms with Gasteiger partial charge in [0.25, 0.3) is 0 Å². The molecule has 0 saturated carbocycles. The minimum Gasteiger partial charge on any atom is -0.310 e. The Labute approximate surface area is 125 Å². The van der Waals surface area contributed by atoms with Gasteiger partial charge in [0, 0.05) is 20.8 Å². The largest absolute Gasteiger partial charge is 0.310 e. The van der Waals surface area contributed by atoms with Crippen LogP contribution in [0.25, 0.3) is 0 Å². The number of rotatable bonds is 10. The van der Waals surface area contributed by atoms with E-state index < -0.39 is 0 Å². The quantitative estimate of drug-likeness (QED) is 0.525. The van der Waals surface area contributed by atoms with Crippen LogP contribution in [0.5, 0.6) is 0 Å². The van der Waals surface area contributed by atoms with Crippen molar-refractivity contribution in [2.75, 3.05) is 6.54 Å². The van der Waals surface area contributed by atoms with Gasteiger partial charge in [0.2, 0.25) is 0 Å². The van der Waals surface area contributed by atoms with Gasteiger partial charge >= 0.3 is 0 Å². The minimum absolute atomic E-state index is 0.553. The second-order valence-corrected chi connectivity index (χ2v) is 6.69. The van der Waals surface area contributed by atoms with Crippen LogP contribution in [0.1, 0.15) is 69.7 Å². The predicted molar refractivity (Wildman–Crippen MR) is 86.4 cm³/mol. The summed E-state index contributed by atoms with van der Waals surface area (Å²) in [5, 5.41) is 5.79. The monoisotopic (exact) mass is 331 g/mol. The maximum atomic E-state index is 3.60. The Morgan fingerprint density at radius 1 is 1.17 bits per heavy atom. The zero-order valence-electron chi connectivity index (χ0n) is 11.7. The third-order valence-corrected chi connectivity index (χ3v) is 5.04. The lowest BCUT2D eigenvalue weighted by atomic mass is 10.0. The fourth-order valence-electron chi connectivity index (χ4n) is 2.23. The van der Waals surface area contributed by atoms with E-state index >= 15 is 0 Å². The molecule has 3 heteroatoms. The van der Waals surface area contributed by atoms with E-state index in [1.165, 1.54) is 54.3 Å². The van der Waals surface area contributed by atoms with Crippen molar-refractivity contribution >= 4 is 27.3 Å². The molecule has 0 radical (unpaired) electrons. The lowest BCUT2D eigenvalue weighted by molar-refractivity contribution is 0.482. The van der Waals surface area contributed by atoms with Gasteiger partial charge in [0.15, 0.2) is 0 Å². The summed E-state index contributed by atoms with van der Waals surface area (Å²) in [7, 11) is 0. The highest BCUT2D eigenvalue weighted by Crippen LogP contribution is 2.28. The van der Waals surface area contributed by atoms with Gasteiger partial charge in [-0.2, -0.15) is 0 Å². The third-order valence-electron chi connectivity index (χ3n) is 3.23. The summed E-state index contributed by atoms with van der Waals surface area (Å²) in [4.78, 5) is 1.47. The summed E-state index contributed by atoms with van der Waals surface area (Å²) >= 11 is 5.40. The Kier molecular flexibility index (Phi) is 8.99. The van der Waals surface area contributed by atoms with Crippen molar-refractivity contribution in [2.24, 2.45) is 0 Å². The second kappa shape index (κ2) is 9.99. The van der Waals surface area contributed by atoms with Crippen LogP contribution in [0.2, 0.25) is 0 Å². The number of halogens is 1. The lowest BCUT2D eigenvalue weighted by Gasteiger charge is -2.16. The zero-order chi connectivity index (χ0) is 13.2. The van der Waals surface area contributed by atoms with Crippen LogP contribution in [0.3, 0.4) is 0 Å². The molecule has 1 N–H and O–H groups in total. The van der Waals surface area contributed by atoms with Crippen LogP contribution < -0.4 is 5.32 Å². The molecule has 104 valence electrons. The molecule has 0 bridgehead atoms. The molecular formula is C15H26BrNS. The molecule has 0 fully saturated rings. The summed E-state index contributed by atoms with van der Waals surface area (Å²) < 4.78 is 1.22. The minimum atomic E-state index is 0.553. The summed E-state index contributed by atoms with van der Waals surface area (Å²) in [6, 6.07) is 2.81. The van der Waals surface area contributed by atoms with E-state index in [-0.39, 0.29) is 0 Å². The predicted octanol–water partition coefficient (Wildman–Crippen LogP) is 5.91. The normalized spacial score (nSPS) is 12.8. The maximum absolute atomic E-state index is 3.60. The number of thiophene rings is 1. The Hall–Kier alpha value is 0.140. The molecule has 1 unspecified atom stereocenters. The molecule has 1 aromatic rings. The van der Waals surface area contributed by atoms with Gasteiger partial charge in [-0.3, -0.25) is 0 Å². The average Bonchev–Trinajstić information content (AvgIpc) is 2.79. The van der Waals surface area contributed by atoms with Gasteiger partial charge < -0.3 is 5.32 Å². The van der Waals surface area contributed by atoms with E-state index in [9.17, 15) is 0 Å². The summed E-state index contributed by atoms with van der Waals surface area (Å²) in [5.74, 6) is 0. The van der Waals surface area contributed by atoms with Gasteiger partial charge in [-0.25, -0.2) is 0 Å². The molecule has 0 aromatic carbocycles. The van der Waals surface area contributed by atoms with E-state index in [0.717, 1.165) is 6.54 Å². The van der Waals surface area contributed by atoms with Crippen molar-refractivity contribution in [2.45, 2.75) is 64.8 Å². The Balaban J connectivity index is 2.26. The van der Waals surface area contributed by atoms with E-state index in [1.54, 1.807) is 0 Å². The van der Waals surface area contributed by atoms with Gasteiger partial charge in [0.1, 0.15) is 0 Å². The molecule has 0 aliphatic heterocycles. The van der Waals surface area contributed by atoms with Crippen LogP contribution in [-0.2, 0) is 0 Å². The highest BCUT2D eigenvalue weighted by molar-refractivity contribution is 9.10. The zero-order valence-corrected chi connectivity index (χ0v) is 14.1. The van der Waals surface area contributed by atoms with E-state index in [4.69, 9.17) is 0 Å². The van der Waals surface area contributed by atoms with Crippen molar-refractivity contribution in [3.8, 4) is 0 Å². The molecule has 1 atom stereocenters. The highest BCUT2D eigenvalue weighted by Gasteiger charge is 2.11. The second-order valence-electron chi connectivity index (χ2n) is 4.83. The fraction of sp³-hybridized carbons (Fsp3) is 0.733. The summed E-state index contributed by atoms with van der Waals surface area (Å²) in [6.45, 7) is 5.52. The number of hydrogen-bond acceptors (Lipinski definition) is 2. The molecule has 0 aliphatic carbocycles. The molecule has 1 rings (SSSR count). The van der Waals surface area contributed by atoms with Crippen molar-refractivity contribution in [3.05, 3.63) is 20.8 Å². The fourth-order valence-corrected chi connectivity index (χ4v) is 3.79. The smallest absolute Gasteiger partial charge is 0.0415 e. The molecule has 1 nitrogen and oxygen atoms in total. The lowest BCUT2D eigenvalue weighted by Crippen LogP contribution is -2.19. The Bertz CT molecular complexity index is 311. The first kappa shape index (κ1) is 16.2. The molecule has 0 spiro atoms. The van der Waals surface area contributed by atoms with E-state index in [2.05, 4.69) is 46.5 Å². The van der Waals surface area contributed by atoms with Crippen LogP contribution in [0, 0.1) is 0 Å². The van der Waals surface area contributed by atoms with Crippen molar-refractivity contribution in [1.82, 2.24) is 5.32 Å². The van der Waals surface area contributed by atoms with Crippen LogP contribution in [0.15, 0.2) is 15.9 Å². The van der Waals surface area contributed by atoms with Crippen LogP contribution >= 0.6 is 27.3 Å². The molecule has 1 heterocycles. The summed E-state index contributed by atoms with van der Waals surface area (Å²) in [5.41, 5.74) is 0. The standard InChI is InChI=1S/C15H26BrNS/c1-3-5-6-7-8-9-10-14(17-4-2)15-11-13(16)12-18-15/h11-12,14,17H,3-10H2,1-2H3. The molecular weight excluding hydrogens is 306 g/mol. The molecule has 0 amide bonds. The molecule has 18 heavy (non-hydrogen) atoms. The van der Waals surface area contributed by atoms with Crippen molar-refractivity contribution in [3.63, 3.8) is 0 Å². The summed E-state index contributed by atoms with van der Waals surface area (Å²) in [6.07, 6.45) is 9.55. The Morgan fingerprint density at radius 3 is 2.50 bits per heavy atom. The van der Waals surface area contributed by atoms with E-state index in [0.29, 0.717) is 6.04 Å². The number of hydrogen-bond donors (Lipinski definition) is 1. The van der Waals surface area contributed by atoms with Crippen molar-refractivity contribution in [1.29, 1.82) is 0 Å². The van der Waals surface area contributed by atoms with Gasteiger partial charge in [0.05, 0.1) is 0 Å². The third kappa shape index (κ3) is 6.35.